The highest BCUT2D eigenvalue weighted by Gasteiger charge is 2.33. The summed E-state index contributed by atoms with van der Waals surface area (Å²) in [5.74, 6) is -0.137. The Labute approximate surface area is 152 Å². The molecule has 1 N–H and O–H groups in total. The first-order chi connectivity index (χ1) is 12.1. The predicted octanol–water partition coefficient (Wildman–Crippen LogP) is 3.53. The zero-order valence-corrected chi connectivity index (χ0v) is 15.3. The number of nitrogens with zero attached hydrogens (tertiary/aromatic N) is 1. The Bertz CT molecular complexity index is 774. The minimum absolute atomic E-state index is 0.0108. The quantitative estimate of drug-likeness (QED) is 0.894. The van der Waals surface area contributed by atoms with Gasteiger partial charge >= 0.3 is 0 Å². The molecule has 0 saturated carbocycles. The minimum Gasteiger partial charge on any atom is -0.350 e. The van der Waals surface area contributed by atoms with Crippen molar-refractivity contribution in [3.05, 3.63) is 59.7 Å². The van der Waals surface area contributed by atoms with Crippen molar-refractivity contribution in [2.75, 3.05) is 11.4 Å². The lowest BCUT2D eigenvalue weighted by molar-refractivity contribution is -0.123. The third-order valence-electron chi connectivity index (χ3n) is 4.25. The molecule has 4 nitrogen and oxygen atoms in total. The van der Waals surface area contributed by atoms with Gasteiger partial charge in [0.1, 0.15) is 6.54 Å². The summed E-state index contributed by atoms with van der Waals surface area (Å²) in [6.45, 7) is 4.55. The Morgan fingerprint density at radius 2 is 1.88 bits per heavy atom. The number of carbonyl (C=O) groups excluding carboxylic acids is 2. The van der Waals surface area contributed by atoms with Crippen molar-refractivity contribution in [2.24, 2.45) is 0 Å². The molecule has 0 saturated heterocycles. The summed E-state index contributed by atoms with van der Waals surface area (Å²) >= 11 is 1.58. The second-order valence-corrected chi connectivity index (χ2v) is 7.41. The van der Waals surface area contributed by atoms with Crippen molar-refractivity contribution in [2.45, 2.75) is 37.0 Å². The van der Waals surface area contributed by atoms with Gasteiger partial charge in [-0.15, -0.1) is 11.8 Å². The van der Waals surface area contributed by atoms with E-state index in [1.54, 1.807) is 16.7 Å². The van der Waals surface area contributed by atoms with E-state index in [1.165, 1.54) is 5.56 Å². The molecule has 1 atom stereocenters. The first-order valence-electron chi connectivity index (χ1n) is 8.47. The molecular formula is C20H22N2O2S. The summed E-state index contributed by atoms with van der Waals surface area (Å²) in [6.07, 6.45) is 0.749. The van der Waals surface area contributed by atoms with Crippen LogP contribution in [0.3, 0.4) is 0 Å². The first-order valence-corrected chi connectivity index (χ1v) is 9.35. The van der Waals surface area contributed by atoms with Gasteiger partial charge in [-0.3, -0.25) is 9.59 Å². The zero-order chi connectivity index (χ0) is 17.8. The fourth-order valence-electron chi connectivity index (χ4n) is 2.80. The van der Waals surface area contributed by atoms with E-state index in [-0.39, 0.29) is 23.6 Å². The monoisotopic (exact) mass is 354 g/mol. The number of benzene rings is 2. The molecule has 1 aliphatic heterocycles. The first kappa shape index (κ1) is 17.5. The second kappa shape index (κ2) is 7.74. The van der Waals surface area contributed by atoms with E-state index in [0.29, 0.717) is 6.54 Å². The lowest BCUT2D eigenvalue weighted by atomic mass is 10.1. The fourth-order valence-corrected chi connectivity index (χ4v) is 3.96. The highest BCUT2D eigenvalue weighted by molar-refractivity contribution is 8.01. The summed E-state index contributed by atoms with van der Waals surface area (Å²) in [7, 11) is 0. The van der Waals surface area contributed by atoms with Crippen LogP contribution in [0, 0.1) is 6.92 Å². The third kappa shape index (κ3) is 4.04. The van der Waals surface area contributed by atoms with Crippen molar-refractivity contribution in [3.8, 4) is 0 Å². The van der Waals surface area contributed by atoms with Crippen LogP contribution in [0.15, 0.2) is 53.4 Å². The zero-order valence-electron chi connectivity index (χ0n) is 14.5. The summed E-state index contributed by atoms with van der Waals surface area (Å²) < 4.78 is 0. The predicted molar refractivity (Wildman–Crippen MR) is 102 cm³/mol. The van der Waals surface area contributed by atoms with Gasteiger partial charge in [-0.2, -0.15) is 0 Å². The van der Waals surface area contributed by atoms with E-state index in [2.05, 4.69) is 5.32 Å². The van der Waals surface area contributed by atoms with Crippen LogP contribution < -0.4 is 10.2 Å². The molecule has 2 aromatic carbocycles. The Kier molecular flexibility index (Phi) is 5.43. The molecule has 2 aromatic rings. The van der Waals surface area contributed by atoms with Gasteiger partial charge in [0.25, 0.3) is 0 Å². The van der Waals surface area contributed by atoms with E-state index in [9.17, 15) is 9.59 Å². The standard InChI is InChI=1S/C20H22N2O2S/c1-3-17-20(24)22(16-6-4-5-7-18(16)25-17)13-19(23)21-12-15-10-8-14(2)9-11-15/h4-11,17H,3,12-13H2,1-2H3,(H,21,23)/t17-/m0/s1. The third-order valence-corrected chi connectivity index (χ3v) is 5.67. The lowest BCUT2D eigenvalue weighted by Crippen LogP contribution is -2.46. The number of nitrogens with one attached hydrogen (secondary N) is 1. The van der Waals surface area contributed by atoms with E-state index >= 15 is 0 Å². The van der Waals surface area contributed by atoms with Crippen LogP contribution in [0.25, 0.3) is 0 Å². The molecule has 0 unspecified atom stereocenters. The summed E-state index contributed by atoms with van der Waals surface area (Å²) in [5.41, 5.74) is 3.06. The van der Waals surface area contributed by atoms with E-state index in [0.717, 1.165) is 22.6 Å². The molecule has 0 aromatic heterocycles. The van der Waals surface area contributed by atoms with Gasteiger partial charge in [0, 0.05) is 11.4 Å². The summed E-state index contributed by atoms with van der Waals surface area (Å²) in [6, 6.07) is 15.8. The number of thioether (sulfide) groups is 1. The van der Waals surface area contributed by atoms with Crippen molar-refractivity contribution in [1.82, 2.24) is 5.32 Å². The maximum atomic E-state index is 12.7. The number of carbonyl (C=O) groups is 2. The van der Waals surface area contributed by atoms with Crippen LogP contribution in [0.2, 0.25) is 0 Å². The summed E-state index contributed by atoms with van der Waals surface area (Å²) in [5, 5.41) is 2.79. The van der Waals surface area contributed by atoms with Crippen LogP contribution in [0.5, 0.6) is 0 Å². The normalized spacial score (nSPS) is 16.5. The molecule has 1 heterocycles. The van der Waals surface area contributed by atoms with Gasteiger partial charge in [-0.05, 0) is 31.0 Å². The molecule has 0 bridgehead atoms. The molecule has 2 amide bonds. The number of rotatable bonds is 5. The van der Waals surface area contributed by atoms with Crippen LogP contribution in [0.1, 0.15) is 24.5 Å². The fraction of sp³-hybridized carbons (Fsp3) is 0.300. The number of aryl methyl sites for hydroxylation is 1. The van der Waals surface area contributed by atoms with Crippen LogP contribution in [-0.2, 0) is 16.1 Å². The number of hydrogen-bond acceptors (Lipinski definition) is 3. The maximum absolute atomic E-state index is 12.7. The number of anilines is 1. The maximum Gasteiger partial charge on any atom is 0.240 e. The SMILES string of the molecule is CC[C@@H]1Sc2ccccc2N(CC(=O)NCc2ccc(C)cc2)C1=O. The molecule has 0 aliphatic carbocycles. The van der Waals surface area contributed by atoms with E-state index in [1.807, 2.05) is 62.4 Å². The Balaban J connectivity index is 1.69. The van der Waals surface area contributed by atoms with Crippen LogP contribution >= 0.6 is 11.8 Å². The largest absolute Gasteiger partial charge is 0.350 e. The van der Waals surface area contributed by atoms with Crippen molar-refractivity contribution in [3.63, 3.8) is 0 Å². The molecular weight excluding hydrogens is 332 g/mol. The molecule has 0 spiro atoms. The molecule has 25 heavy (non-hydrogen) atoms. The topological polar surface area (TPSA) is 49.4 Å². The van der Waals surface area contributed by atoms with Gasteiger partial charge in [0.05, 0.1) is 10.9 Å². The van der Waals surface area contributed by atoms with Gasteiger partial charge in [-0.1, -0.05) is 48.9 Å². The second-order valence-electron chi connectivity index (χ2n) is 6.17. The molecule has 0 fully saturated rings. The molecule has 1 aliphatic rings. The van der Waals surface area contributed by atoms with Crippen molar-refractivity contribution >= 4 is 29.3 Å². The van der Waals surface area contributed by atoms with Gasteiger partial charge < -0.3 is 10.2 Å². The lowest BCUT2D eigenvalue weighted by Gasteiger charge is -2.32. The van der Waals surface area contributed by atoms with E-state index in [4.69, 9.17) is 0 Å². The Morgan fingerprint density at radius 3 is 2.60 bits per heavy atom. The minimum atomic E-state index is -0.148. The van der Waals surface area contributed by atoms with Crippen molar-refractivity contribution in [1.29, 1.82) is 0 Å². The van der Waals surface area contributed by atoms with Gasteiger partial charge in [0.15, 0.2) is 0 Å². The highest BCUT2D eigenvalue weighted by Crippen LogP contribution is 2.39. The molecule has 5 heteroatoms. The average molecular weight is 354 g/mol. The molecule has 0 radical (unpaired) electrons. The van der Waals surface area contributed by atoms with Gasteiger partial charge in [0.2, 0.25) is 11.8 Å². The van der Waals surface area contributed by atoms with Crippen LogP contribution in [0.4, 0.5) is 5.69 Å². The average Bonchev–Trinajstić information content (AvgIpc) is 2.63. The Morgan fingerprint density at radius 1 is 1.16 bits per heavy atom. The molecule has 3 rings (SSSR count). The number of hydrogen-bond donors (Lipinski definition) is 1. The smallest absolute Gasteiger partial charge is 0.240 e. The van der Waals surface area contributed by atoms with Crippen molar-refractivity contribution < 1.29 is 9.59 Å². The molecule has 130 valence electrons. The number of para-hydroxylation sites is 1. The van der Waals surface area contributed by atoms with Gasteiger partial charge in [-0.25, -0.2) is 0 Å². The number of fused-ring (bicyclic) bond motifs is 1. The Hall–Kier alpha value is -2.27. The number of amides is 2. The highest BCUT2D eigenvalue weighted by atomic mass is 32.2. The van der Waals surface area contributed by atoms with E-state index < -0.39 is 0 Å². The summed E-state index contributed by atoms with van der Waals surface area (Å²) in [4.78, 5) is 27.8. The van der Waals surface area contributed by atoms with Crippen LogP contribution in [-0.4, -0.2) is 23.6 Å².